The molecule has 0 spiro atoms. The van der Waals surface area contributed by atoms with E-state index in [9.17, 15) is 9.90 Å². The van der Waals surface area contributed by atoms with Gasteiger partial charge in [0.05, 0.1) is 5.60 Å². The Morgan fingerprint density at radius 2 is 2.11 bits per heavy atom. The van der Waals surface area contributed by atoms with E-state index in [0.717, 1.165) is 0 Å². The first-order chi connectivity index (χ1) is 8.98. The van der Waals surface area contributed by atoms with Crippen molar-refractivity contribution < 1.29 is 14.6 Å². The minimum absolute atomic E-state index is 0.205. The number of hydrogen-bond acceptors (Lipinski definition) is 3. The summed E-state index contributed by atoms with van der Waals surface area (Å²) in [5, 5.41) is 12.5. The fraction of sp³-hybridized carbons (Fsp3) is 0.400. The SMILES string of the molecule is C=CCOc1ccc(C(=O)NCC(C)(O)CC)cc1. The number of carbonyl (C=O) groups excluding carboxylic acids is 1. The third-order valence-electron chi connectivity index (χ3n) is 2.88. The fourth-order valence-electron chi connectivity index (χ4n) is 1.36. The second-order valence-corrected chi connectivity index (χ2v) is 4.66. The summed E-state index contributed by atoms with van der Waals surface area (Å²) in [6.45, 7) is 7.80. The van der Waals surface area contributed by atoms with Crippen molar-refractivity contribution in [2.45, 2.75) is 25.9 Å². The molecular weight excluding hydrogens is 242 g/mol. The summed E-state index contributed by atoms with van der Waals surface area (Å²) >= 11 is 0. The second-order valence-electron chi connectivity index (χ2n) is 4.66. The number of ether oxygens (including phenoxy) is 1. The number of amides is 1. The van der Waals surface area contributed by atoms with Gasteiger partial charge in [0.1, 0.15) is 12.4 Å². The van der Waals surface area contributed by atoms with Crippen molar-refractivity contribution in [1.29, 1.82) is 0 Å². The number of carbonyl (C=O) groups is 1. The summed E-state index contributed by atoms with van der Waals surface area (Å²) in [5.41, 5.74) is -0.333. The van der Waals surface area contributed by atoms with Gasteiger partial charge in [-0.15, -0.1) is 0 Å². The van der Waals surface area contributed by atoms with Gasteiger partial charge in [-0.25, -0.2) is 0 Å². The van der Waals surface area contributed by atoms with Crippen LogP contribution in [0.15, 0.2) is 36.9 Å². The number of benzene rings is 1. The molecule has 0 aromatic heterocycles. The Bertz CT molecular complexity index is 424. The molecule has 2 N–H and O–H groups in total. The first kappa shape index (κ1) is 15.2. The van der Waals surface area contributed by atoms with Crippen LogP contribution in [0.3, 0.4) is 0 Å². The summed E-state index contributed by atoms with van der Waals surface area (Å²) in [7, 11) is 0. The van der Waals surface area contributed by atoms with Gasteiger partial charge in [-0.2, -0.15) is 0 Å². The van der Waals surface area contributed by atoms with E-state index >= 15 is 0 Å². The Hall–Kier alpha value is -1.81. The van der Waals surface area contributed by atoms with E-state index < -0.39 is 5.60 Å². The number of rotatable bonds is 7. The number of hydrogen-bond donors (Lipinski definition) is 2. The Kier molecular flexibility index (Phi) is 5.57. The maximum Gasteiger partial charge on any atom is 0.251 e. The molecule has 0 fully saturated rings. The van der Waals surface area contributed by atoms with Gasteiger partial charge in [-0.05, 0) is 37.6 Å². The van der Waals surface area contributed by atoms with Crippen LogP contribution in [-0.4, -0.2) is 29.8 Å². The van der Waals surface area contributed by atoms with Crippen molar-refractivity contribution >= 4 is 5.91 Å². The molecular formula is C15H21NO3. The van der Waals surface area contributed by atoms with Crippen molar-refractivity contribution in [1.82, 2.24) is 5.32 Å². The van der Waals surface area contributed by atoms with E-state index in [1.807, 2.05) is 6.92 Å². The smallest absolute Gasteiger partial charge is 0.251 e. The third kappa shape index (κ3) is 5.14. The minimum atomic E-state index is -0.872. The predicted octanol–water partition coefficient (Wildman–Crippen LogP) is 2.14. The summed E-state index contributed by atoms with van der Waals surface area (Å²) in [6.07, 6.45) is 2.25. The summed E-state index contributed by atoms with van der Waals surface area (Å²) in [6, 6.07) is 6.84. The standard InChI is InChI=1S/C15H21NO3/c1-4-10-19-13-8-6-12(7-9-13)14(17)16-11-15(3,18)5-2/h4,6-9,18H,1,5,10-11H2,2-3H3,(H,16,17). The van der Waals surface area contributed by atoms with Crippen LogP contribution in [0.5, 0.6) is 5.75 Å². The topological polar surface area (TPSA) is 58.6 Å². The van der Waals surface area contributed by atoms with Crippen LogP contribution in [0.4, 0.5) is 0 Å². The molecule has 1 rings (SSSR count). The van der Waals surface area contributed by atoms with E-state index in [0.29, 0.717) is 24.3 Å². The van der Waals surface area contributed by atoms with Gasteiger partial charge in [0.15, 0.2) is 0 Å². The van der Waals surface area contributed by atoms with Gasteiger partial charge in [-0.1, -0.05) is 19.6 Å². The molecule has 0 aliphatic rings. The zero-order valence-electron chi connectivity index (χ0n) is 11.5. The molecule has 1 aromatic carbocycles. The molecule has 4 heteroatoms. The molecule has 1 unspecified atom stereocenters. The summed E-state index contributed by atoms with van der Waals surface area (Å²) < 4.78 is 5.33. The quantitative estimate of drug-likeness (QED) is 0.741. The van der Waals surface area contributed by atoms with E-state index in [1.165, 1.54) is 0 Å². The maximum absolute atomic E-state index is 11.9. The molecule has 0 heterocycles. The highest BCUT2D eigenvalue weighted by Gasteiger charge is 2.18. The molecule has 1 amide bonds. The van der Waals surface area contributed by atoms with E-state index in [-0.39, 0.29) is 12.5 Å². The molecule has 0 bridgehead atoms. The highest BCUT2D eigenvalue weighted by Crippen LogP contribution is 2.12. The zero-order chi connectivity index (χ0) is 14.3. The fourth-order valence-corrected chi connectivity index (χ4v) is 1.36. The van der Waals surface area contributed by atoms with Crippen LogP contribution in [0.2, 0.25) is 0 Å². The average molecular weight is 263 g/mol. The second kappa shape index (κ2) is 6.95. The Balaban J connectivity index is 2.55. The van der Waals surface area contributed by atoms with Crippen molar-refractivity contribution in [3.05, 3.63) is 42.5 Å². The summed E-state index contributed by atoms with van der Waals surface area (Å²) in [5.74, 6) is 0.487. The van der Waals surface area contributed by atoms with Crippen LogP contribution in [-0.2, 0) is 0 Å². The number of nitrogens with one attached hydrogen (secondary N) is 1. The van der Waals surface area contributed by atoms with Crippen LogP contribution in [0, 0.1) is 0 Å². The molecule has 0 aliphatic carbocycles. The lowest BCUT2D eigenvalue weighted by Crippen LogP contribution is -2.40. The molecule has 0 saturated carbocycles. The highest BCUT2D eigenvalue weighted by molar-refractivity contribution is 5.94. The minimum Gasteiger partial charge on any atom is -0.490 e. The van der Waals surface area contributed by atoms with E-state index in [4.69, 9.17) is 4.74 Å². The lowest BCUT2D eigenvalue weighted by atomic mass is 10.0. The van der Waals surface area contributed by atoms with Gasteiger partial charge >= 0.3 is 0 Å². The van der Waals surface area contributed by atoms with Gasteiger partial charge in [0.2, 0.25) is 0 Å². The first-order valence-corrected chi connectivity index (χ1v) is 6.33. The number of aliphatic hydroxyl groups is 1. The van der Waals surface area contributed by atoms with Crippen molar-refractivity contribution in [2.24, 2.45) is 0 Å². The van der Waals surface area contributed by atoms with Gasteiger partial charge in [0, 0.05) is 12.1 Å². The highest BCUT2D eigenvalue weighted by atomic mass is 16.5. The molecule has 1 atom stereocenters. The molecule has 1 aromatic rings. The van der Waals surface area contributed by atoms with E-state index in [2.05, 4.69) is 11.9 Å². The Labute approximate surface area is 114 Å². The summed E-state index contributed by atoms with van der Waals surface area (Å²) in [4.78, 5) is 11.9. The van der Waals surface area contributed by atoms with Crippen molar-refractivity contribution in [2.75, 3.05) is 13.2 Å². The molecule has 0 saturated heterocycles. The largest absolute Gasteiger partial charge is 0.490 e. The molecule has 104 valence electrons. The van der Waals surface area contributed by atoms with Crippen LogP contribution < -0.4 is 10.1 Å². The maximum atomic E-state index is 11.9. The van der Waals surface area contributed by atoms with Crippen LogP contribution in [0.1, 0.15) is 30.6 Å². The van der Waals surface area contributed by atoms with Gasteiger partial charge in [-0.3, -0.25) is 4.79 Å². The predicted molar refractivity (Wildman–Crippen MR) is 75.4 cm³/mol. The van der Waals surface area contributed by atoms with Crippen LogP contribution in [0.25, 0.3) is 0 Å². The third-order valence-corrected chi connectivity index (χ3v) is 2.88. The monoisotopic (exact) mass is 263 g/mol. The normalized spacial score (nSPS) is 13.4. The molecule has 0 aliphatic heterocycles. The lowest BCUT2D eigenvalue weighted by molar-refractivity contribution is 0.0518. The van der Waals surface area contributed by atoms with Crippen molar-refractivity contribution in [3.63, 3.8) is 0 Å². The lowest BCUT2D eigenvalue weighted by Gasteiger charge is -2.21. The van der Waals surface area contributed by atoms with E-state index in [1.54, 1.807) is 37.3 Å². The first-order valence-electron chi connectivity index (χ1n) is 6.33. The average Bonchev–Trinajstić information content (AvgIpc) is 2.43. The molecule has 0 radical (unpaired) electrons. The molecule has 19 heavy (non-hydrogen) atoms. The van der Waals surface area contributed by atoms with Gasteiger partial charge < -0.3 is 15.2 Å². The van der Waals surface area contributed by atoms with Crippen molar-refractivity contribution in [3.8, 4) is 5.75 Å². The Morgan fingerprint density at radius 3 is 2.63 bits per heavy atom. The van der Waals surface area contributed by atoms with Gasteiger partial charge in [0.25, 0.3) is 5.91 Å². The van der Waals surface area contributed by atoms with Crippen LogP contribution >= 0.6 is 0 Å². The molecule has 4 nitrogen and oxygen atoms in total. The Morgan fingerprint density at radius 1 is 1.47 bits per heavy atom. The zero-order valence-corrected chi connectivity index (χ0v) is 11.5.